The van der Waals surface area contributed by atoms with Crippen LogP contribution in [0.2, 0.25) is 0 Å². The lowest BCUT2D eigenvalue weighted by Crippen LogP contribution is -2.49. The molecular formula is C17H22N4O2S. The molecule has 0 aromatic heterocycles. The molecule has 0 aliphatic carbocycles. The smallest absolute Gasteiger partial charge is 0.315 e. The summed E-state index contributed by atoms with van der Waals surface area (Å²) in [7, 11) is 0. The fraction of sp³-hybridized carbons (Fsp3) is 0.471. The molecule has 7 heteroatoms. The number of aliphatic imine (C=N–C) groups is 1. The molecule has 24 heavy (non-hydrogen) atoms. The molecule has 3 rings (SSSR count). The number of carbonyl (C=O) groups excluding carboxylic acids is 2. The molecule has 2 N–H and O–H groups in total. The van der Waals surface area contributed by atoms with E-state index in [4.69, 9.17) is 0 Å². The number of nitrogens with one attached hydrogen (secondary N) is 2. The number of nitrogens with zero attached hydrogens (tertiary/aromatic N) is 2. The van der Waals surface area contributed by atoms with Gasteiger partial charge >= 0.3 is 11.8 Å². The Hall–Kier alpha value is -1.86. The third-order valence-corrected chi connectivity index (χ3v) is 5.08. The summed E-state index contributed by atoms with van der Waals surface area (Å²) in [5.41, 5.74) is 1.30. The number of rotatable bonds is 3. The van der Waals surface area contributed by atoms with Crippen LogP contribution in [0.25, 0.3) is 0 Å². The number of thioether (sulfide) groups is 1. The van der Waals surface area contributed by atoms with Gasteiger partial charge in [-0.1, -0.05) is 42.1 Å². The van der Waals surface area contributed by atoms with Crippen LogP contribution in [0.15, 0.2) is 35.3 Å². The van der Waals surface area contributed by atoms with Gasteiger partial charge in [0, 0.05) is 31.4 Å². The zero-order valence-corrected chi connectivity index (χ0v) is 14.3. The Morgan fingerprint density at radius 2 is 1.92 bits per heavy atom. The van der Waals surface area contributed by atoms with Crippen LogP contribution in [0, 0.1) is 0 Å². The Bertz CT molecular complexity index is 612. The van der Waals surface area contributed by atoms with Crippen molar-refractivity contribution in [1.82, 2.24) is 15.5 Å². The number of hydrogen-bond acceptors (Lipinski definition) is 5. The van der Waals surface area contributed by atoms with E-state index < -0.39 is 11.8 Å². The Labute approximate surface area is 146 Å². The lowest BCUT2D eigenvalue weighted by atomic mass is 10.0. The second-order valence-electron chi connectivity index (χ2n) is 6.00. The van der Waals surface area contributed by atoms with Crippen LogP contribution < -0.4 is 10.6 Å². The van der Waals surface area contributed by atoms with Crippen molar-refractivity contribution in [1.29, 1.82) is 0 Å². The minimum atomic E-state index is -0.616. The average molecular weight is 346 g/mol. The molecule has 2 aliphatic heterocycles. The van der Waals surface area contributed by atoms with Gasteiger partial charge < -0.3 is 5.32 Å². The molecule has 2 heterocycles. The number of piperidine rings is 1. The third-order valence-electron chi connectivity index (χ3n) is 4.18. The van der Waals surface area contributed by atoms with Crippen LogP contribution in [-0.2, 0) is 16.1 Å². The summed E-state index contributed by atoms with van der Waals surface area (Å²) in [6.07, 6.45) is 1.73. The minimum absolute atomic E-state index is 0.0634. The number of amides is 2. The van der Waals surface area contributed by atoms with Crippen LogP contribution in [0.4, 0.5) is 0 Å². The largest absolute Gasteiger partial charge is 0.345 e. The first-order valence-corrected chi connectivity index (χ1v) is 9.24. The van der Waals surface area contributed by atoms with Gasteiger partial charge in [0.2, 0.25) is 0 Å². The second-order valence-corrected chi connectivity index (χ2v) is 7.08. The summed E-state index contributed by atoms with van der Waals surface area (Å²) in [6, 6.07) is 10.4. The summed E-state index contributed by atoms with van der Waals surface area (Å²) in [6.45, 7) is 3.47. The lowest BCUT2D eigenvalue weighted by molar-refractivity contribution is -0.138. The van der Waals surface area contributed by atoms with Crippen LogP contribution >= 0.6 is 11.8 Å². The molecule has 0 unspecified atom stereocenters. The summed E-state index contributed by atoms with van der Waals surface area (Å²) >= 11 is 1.47. The van der Waals surface area contributed by atoms with E-state index in [1.165, 1.54) is 17.3 Å². The van der Waals surface area contributed by atoms with Gasteiger partial charge in [-0.25, -0.2) is 0 Å². The first-order chi connectivity index (χ1) is 11.7. The first kappa shape index (κ1) is 17.0. The summed E-state index contributed by atoms with van der Waals surface area (Å²) in [5, 5.41) is 5.95. The molecule has 0 bridgehead atoms. The Morgan fingerprint density at radius 1 is 1.17 bits per heavy atom. The molecule has 0 saturated carbocycles. The molecule has 2 amide bonds. The molecule has 0 radical (unpaired) electrons. The van der Waals surface area contributed by atoms with Gasteiger partial charge in [0.1, 0.15) is 0 Å². The second kappa shape index (κ2) is 8.30. The molecule has 1 aromatic carbocycles. The van der Waals surface area contributed by atoms with E-state index >= 15 is 0 Å². The quantitative estimate of drug-likeness (QED) is 0.801. The third kappa shape index (κ3) is 4.82. The maximum atomic E-state index is 12.0. The van der Waals surface area contributed by atoms with Gasteiger partial charge in [0.25, 0.3) is 0 Å². The highest BCUT2D eigenvalue weighted by Gasteiger charge is 2.24. The van der Waals surface area contributed by atoms with Crippen molar-refractivity contribution >= 4 is 28.7 Å². The molecule has 1 aromatic rings. The van der Waals surface area contributed by atoms with Crippen LogP contribution in [0.5, 0.6) is 0 Å². The molecule has 2 aliphatic rings. The van der Waals surface area contributed by atoms with Crippen LogP contribution in [0.1, 0.15) is 18.4 Å². The fourth-order valence-corrected chi connectivity index (χ4v) is 3.62. The maximum absolute atomic E-state index is 12.0. The van der Waals surface area contributed by atoms with E-state index in [0.717, 1.165) is 38.2 Å². The van der Waals surface area contributed by atoms with Crippen molar-refractivity contribution in [3.05, 3.63) is 35.9 Å². The van der Waals surface area contributed by atoms with Crippen LogP contribution in [0.3, 0.4) is 0 Å². The normalized spacial score (nSPS) is 18.9. The standard InChI is InChI=1S/C17H22N4O2S/c22-15(16(23)20-17-18-8-11-24-17)19-14-6-9-21(10-7-14)12-13-4-2-1-3-5-13/h1-5,14H,6-12H2,(H,19,22)(H,18,20,23). The lowest BCUT2D eigenvalue weighted by Gasteiger charge is -2.32. The number of likely N-dealkylation sites (tertiary alicyclic amines) is 1. The molecule has 0 atom stereocenters. The van der Waals surface area contributed by atoms with E-state index in [1.807, 2.05) is 18.2 Å². The van der Waals surface area contributed by atoms with Gasteiger partial charge in [-0.2, -0.15) is 0 Å². The van der Waals surface area contributed by atoms with Crippen LogP contribution in [-0.4, -0.2) is 53.3 Å². The highest BCUT2D eigenvalue weighted by molar-refractivity contribution is 8.14. The van der Waals surface area contributed by atoms with Crippen molar-refractivity contribution < 1.29 is 9.59 Å². The van der Waals surface area contributed by atoms with E-state index in [0.29, 0.717) is 11.7 Å². The summed E-state index contributed by atoms with van der Waals surface area (Å²) < 4.78 is 0. The van der Waals surface area contributed by atoms with E-state index in [9.17, 15) is 9.59 Å². The van der Waals surface area contributed by atoms with E-state index in [-0.39, 0.29) is 6.04 Å². The van der Waals surface area contributed by atoms with E-state index in [1.54, 1.807) is 0 Å². The Balaban J connectivity index is 1.40. The number of carbonyl (C=O) groups is 2. The van der Waals surface area contributed by atoms with Gasteiger partial charge in [-0.3, -0.25) is 24.8 Å². The molecule has 1 fully saturated rings. The average Bonchev–Trinajstić information content (AvgIpc) is 3.10. The molecule has 6 nitrogen and oxygen atoms in total. The van der Waals surface area contributed by atoms with Crippen molar-refractivity contribution in [2.45, 2.75) is 25.4 Å². The maximum Gasteiger partial charge on any atom is 0.315 e. The minimum Gasteiger partial charge on any atom is -0.345 e. The molecule has 0 spiro atoms. The monoisotopic (exact) mass is 346 g/mol. The van der Waals surface area contributed by atoms with Crippen molar-refractivity contribution in [2.75, 3.05) is 25.4 Å². The Morgan fingerprint density at radius 3 is 2.58 bits per heavy atom. The number of benzene rings is 1. The summed E-state index contributed by atoms with van der Waals surface area (Å²) in [5.74, 6) is -0.321. The molecule has 128 valence electrons. The Kier molecular flexibility index (Phi) is 5.87. The van der Waals surface area contributed by atoms with Gasteiger partial charge in [0.05, 0.1) is 6.54 Å². The zero-order valence-electron chi connectivity index (χ0n) is 13.5. The van der Waals surface area contributed by atoms with Crippen molar-refractivity contribution in [3.8, 4) is 0 Å². The molecular weight excluding hydrogens is 324 g/mol. The SMILES string of the molecule is O=C(NC1=NCCS1)C(=O)NC1CCN(Cc2ccccc2)CC1. The number of amidine groups is 1. The highest BCUT2D eigenvalue weighted by Crippen LogP contribution is 2.14. The fourth-order valence-electron chi connectivity index (χ4n) is 2.89. The predicted octanol–water partition coefficient (Wildman–Crippen LogP) is 0.986. The van der Waals surface area contributed by atoms with Gasteiger partial charge in [0.15, 0.2) is 5.17 Å². The van der Waals surface area contributed by atoms with Gasteiger partial charge in [-0.15, -0.1) is 0 Å². The first-order valence-electron chi connectivity index (χ1n) is 8.26. The van der Waals surface area contributed by atoms with Gasteiger partial charge in [-0.05, 0) is 18.4 Å². The van der Waals surface area contributed by atoms with Crippen molar-refractivity contribution in [2.24, 2.45) is 4.99 Å². The van der Waals surface area contributed by atoms with E-state index in [2.05, 4.69) is 32.7 Å². The zero-order chi connectivity index (χ0) is 16.8. The highest BCUT2D eigenvalue weighted by atomic mass is 32.2. The summed E-state index contributed by atoms with van der Waals surface area (Å²) in [4.78, 5) is 30.3. The predicted molar refractivity (Wildman–Crippen MR) is 95.8 cm³/mol. The van der Waals surface area contributed by atoms with Crippen molar-refractivity contribution in [3.63, 3.8) is 0 Å². The topological polar surface area (TPSA) is 73.8 Å². The number of hydrogen-bond donors (Lipinski definition) is 2. The molecule has 1 saturated heterocycles.